The van der Waals surface area contributed by atoms with Crippen molar-refractivity contribution in [1.82, 2.24) is 3.97 Å². The number of hydrogen-bond donors (Lipinski definition) is 1. The molecule has 170 valence electrons. The van der Waals surface area contributed by atoms with Gasteiger partial charge in [0.05, 0.1) is 17.0 Å². The van der Waals surface area contributed by atoms with Gasteiger partial charge in [-0.25, -0.2) is 12.4 Å². The molecule has 0 unspecified atom stereocenters. The second-order valence-electron chi connectivity index (χ2n) is 7.35. The molecule has 0 atom stereocenters. The van der Waals surface area contributed by atoms with Gasteiger partial charge in [0.15, 0.2) is 0 Å². The van der Waals surface area contributed by atoms with Gasteiger partial charge in [-0.3, -0.25) is 4.79 Å². The number of nitrogens with zero attached hydrogens (tertiary/aromatic N) is 1. The summed E-state index contributed by atoms with van der Waals surface area (Å²) in [6, 6.07) is 20.5. The second-order valence-corrected chi connectivity index (χ2v) is 9.16. The minimum absolute atomic E-state index is 0.0958. The number of hydrogen-bond acceptors (Lipinski definition) is 5. The Bertz CT molecular complexity index is 1380. The van der Waals surface area contributed by atoms with Crippen LogP contribution in [0.15, 0.2) is 83.9 Å². The van der Waals surface area contributed by atoms with Gasteiger partial charge in [0.2, 0.25) is 0 Å². The molecule has 0 bridgehead atoms. The number of carboxylic acids is 1. The third kappa shape index (κ3) is 4.85. The van der Waals surface area contributed by atoms with Crippen LogP contribution in [-0.4, -0.2) is 30.1 Å². The molecule has 0 amide bonds. The third-order valence-corrected chi connectivity index (χ3v) is 6.79. The Labute approximate surface area is 191 Å². The van der Waals surface area contributed by atoms with Gasteiger partial charge in [-0.1, -0.05) is 18.2 Å². The zero-order valence-corrected chi connectivity index (χ0v) is 18.8. The lowest BCUT2D eigenvalue weighted by atomic mass is 10.1. The fraction of sp³-hybridized carbons (Fsp3) is 0.160. The summed E-state index contributed by atoms with van der Waals surface area (Å²) in [7, 11) is -3.93. The third-order valence-electron chi connectivity index (χ3n) is 5.10. The van der Waals surface area contributed by atoms with Crippen molar-refractivity contribution in [2.45, 2.75) is 24.7 Å². The van der Waals surface area contributed by atoms with Crippen LogP contribution in [0, 0.1) is 0 Å². The second kappa shape index (κ2) is 9.38. The number of benzene rings is 3. The van der Waals surface area contributed by atoms with Crippen molar-refractivity contribution in [3.05, 3.63) is 84.6 Å². The number of carboxylic acid groups (broad SMARTS) is 1. The van der Waals surface area contributed by atoms with Gasteiger partial charge in [-0.2, -0.15) is 0 Å². The van der Waals surface area contributed by atoms with Crippen molar-refractivity contribution in [2.75, 3.05) is 6.61 Å². The molecule has 1 heterocycles. The Kier molecular flexibility index (Phi) is 6.37. The molecule has 0 aliphatic carbocycles. The highest BCUT2D eigenvalue weighted by Crippen LogP contribution is 2.31. The van der Waals surface area contributed by atoms with E-state index in [2.05, 4.69) is 0 Å². The van der Waals surface area contributed by atoms with Crippen molar-refractivity contribution in [1.29, 1.82) is 0 Å². The van der Waals surface area contributed by atoms with Crippen LogP contribution in [0.25, 0.3) is 10.9 Å². The fourth-order valence-corrected chi connectivity index (χ4v) is 4.95. The quantitative estimate of drug-likeness (QED) is 0.370. The molecule has 33 heavy (non-hydrogen) atoms. The lowest BCUT2D eigenvalue weighted by Gasteiger charge is -2.10. The van der Waals surface area contributed by atoms with E-state index >= 15 is 0 Å². The van der Waals surface area contributed by atoms with Crippen molar-refractivity contribution in [3.8, 4) is 17.2 Å². The first-order valence-electron chi connectivity index (χ1n) is 10.5. The lowest BCUT2D eigenvalue weighted by molar-refractivity contribution is -0.136. The maximum atomic E-state index is 13.5. The van der Waals surface area contributed by atoms with E-state index in [0.717, 1.165) is 0 Å². The predicted molar refractivity (Wildman–Crippen MR) is 125 cm³/mol. The Hall–Kier alpha value is -3.78. The van der Waals surface area contributed by atoms with Crippen molar-refractivity contribution in [3.63, 3.8) is 0 Å². The number of rotatable bonds is 9. The van der Waals surface area contributed by atoms with Crippen LogP contribution >= 0.6 is 0 Å². The molecule has 0 saturated carbocycles. The highest BCUT2D eigenvalue weighted by atomic mass is 32.2. The summed E-state index contributed by atoms with van der Waals surface area (Å²) in [5, 5.41) is 9.75. The van der Waals surface area contributed by atoms with Gasteiger partial charge in [-0.05, 0) is 73.5 Å². The topological polar surface area (TPSA) is 94.8 Å². The molecule has 0 fully saturated rings. The van der Waals surface area contributed by atoms with E-state index in [4.69, 9.17) is 14.6 Å². The number of ether oxygens (including phenoxy) is 2. The Balaban J connectivity index is 1.71. The molecule has 0 spiro atoms. The van der Waals surface area contributed by atoms with Gasteiger partial charge < -0.3 is 14.6 Å². The van der Waals surface area contributed by atoms with Crippen molar-refractivity contribution in [2.24, 2.45) is 0 Å². The van der Waals surface area contributed by atoms with E-state index in [1.54, 1.807) is 30.3 Å². The van der Waals surface area contributed by atoms with Crippen LogP contribution in [0.1, 0.15) is 18.9 Å². The zero-order valence-electron chi connectivity index (χ0n) is 18.0. The average molecular weight is 466 g/mol. The minimum Gasteiger partial charge on any atom is -0.494 e. The molecule has 0 saturated heterocycles. The van der Waals surface area contributed by atoms with Crippen LogP contribution in [-0.2, 0) is 21.2 Å². The highest BCUT2D eigenvalue weighted by Gasteiger charge is 2.22. The van der Waals surface area contributed by atoms with Crippen molar-refractivity contribution >= 4 is 26.9 Å². The molecule has 1 aromatic heterocycles. The summed E-state index contributed by atoms with van der Waals surface area (Å²) in [5.74, 6) is 0.812. The van der Waals surface area contributed by atoms with Crippen LogP contribution in [0.5, 0.6) is 17.2 Å². The van der Waals surface area contributed by atoms with Crippen LogP contribution in [0.2, 0.25) is 0 Å². The normalized spacial score (nSPS) is 11.4. The van der Waals surface area contributed by atoms with Gasteiger partial charge in [0.1, 0.15) is 17.2 Å². The monoisotopic (exact) mass is 465 g/mol. The van der Waals surface area contributed by atoms with Gasteiger partial charge in [0, 0.05) is 18.0 Å². The van der Waals surface area contributed by atoms with E-state index < -0.39 is 16.0 Å². The van der Waals surface area contributed by atoms with E-state index in [-0.39, 0.29) is 17.7 Å². The predicted octanol–water partition coefficient (Wildman–Crippen LogP) is 5.09. The lowest BCUT2D eigenvalue weighted by Crippen LogP contribution is -2.11. The molecule has 3 aromatic carbocycles. The summed E-state index contributed by atoms with van der Waals surface area (Å²) in [4.78, 5) is 11.2. The van der Waals surface area contributed by atoms with Gasteiger partial charge in [-0.15, -0.1) is 0 Å². The summed E-state index contributed by atoms with van der Waals surface area (Å²) >= 11 is 0. The maximum absolute atomic E-state index is 13.5. The molecule has 1 N–H and O–H groups in total. The summed E-state index contributed by atoms with van der Waals surface area (Å²) in [6.45, 7) is 2.32. The van der Waals surface area contributed by atoms with Gasteiger partial charge in [0.25, 0.3) is 10.0 Å². The van der Waals surface area contributed by atoms with Crippen molar-refractivity contribution < 1.29 is 27.8 Å². The van der Waals surface area contributed by atoms with Crippen LogP contribution in [0.4, 0.5) is 0 Å². The number of para-hydroxylation sites is 1. The van der Waals surface area contributed by atoms with E-state index in [9.17, 15) is 13.2 Å². The molecule has 0 aliphatic heterocycles. The van der Waals surface area contributed by atoms with E-state index in [1.807, 2.05) is 37.3 Å². The number of fused-ring (bicyclic) bond motifs is 1. The smallest absolute Gasteiger partial charge is 0.303 e. The summed E-state index contributed by atoms with van der Waals surface area (Å²) in [5.41, 5.74) is 1.09. The number of aryl methyl sites for hydroxylation is 1. The zero-order chi connectivity index (χ0) is 23.4. The molecule has 0 aliphatic rings. The van der Waals surface area contributed by atoms with E-state index in [0.29, 0.717) is 40.3 Å². The molecule has 8 heteroatoms. The van der Waals surface area contributed by atoms with Crippen LogP contribution in [0.3, 0.4) is 0 Å². The summed E-state index contributed by atoms with van der Waals surface area (Å²) < 4.78 is 39.4. The first-order chi connectivity index (χ1) is 15.9. The average Bonchev–Trinajstić information content (AvgIpc) is 3.18. The van der Waals surface area contributed by atoms with E-state index in [1.165, 1.54) is 22.3 Å². The molecule has 0 radical (unpaired) electrons. The number of aromatic nitrogens is 1. The minimum atomic E-state index is -3.93. The Morgan fingerprint density at radius 3 is 2.27 bits per heavy atom. The van der Waals surface area contributed by atoms with Crippen LogP contribution < -0.4 is 9.47 Å². The molecule has 4 aromatic rings. The largest absolute Gasteiger partial charge is 0.494 e. The number of carbonyl (C=O) groups is 1. The molecular formula is C25H23NO6S. The summed E-state index contributed by atoms with van der Waals surface area (Å²) in [6.07, 6.45) is 1.59. The molecule has 7 nitrogen and oxygen atoms in total. The Morgan fingerprint density at radius 1 is 0.939 bits per heavy atom. The Morgan fingerprint density at radius 2 is 1.61 bits per heavy atom. The highest BCUT2D eigenvalue weighted by molar-refractivity contribution is 7.90. The fourth-order valence-electron chi connectivity index (χ4n) is 3.56. The standard InChI is InChI=1S/C25H23NO6S/c1-2-31-21-11-14-24-23(16-21)18(8-15-25(27)28)17-26(24)33(29,30)22-12-9-20(10-13-22)32-19-6-4-3-5-7-19/h3-7,9-14,16-17H,2,8,15H2,1H3,(H,27,28). The molecular weight excluding hydrogens is 442 g/mol. The van der Waals surface area contributed by atoms with Gasteiger partial charge >= 0.3 is 5.97 Å². The molecule has 4 rings (SSSR count). The maximum Gasteiger partial charge on any atom is 0.303 e. The first-order valence-corrected chi connectivity index (χ1v) is 11.9. The first kappa shape index (κ1) is 22.4. The number of aliphatic carboxylic acids is 1. The SMILES string of the molecule is CCOc1ccc2c(c1)c(CCC(=O)O)cn2S(=O)(=O)c1ccc(Oc2ccccc2)cc1.